The van der Waals surface area contributed by atoms with Crippen molar-refractivity contribution in [1.82, 2.24) is 9.97 Å². The number of halogens is 1. The molecule has 0 aliphatic carbocycles. The van der Waals surface area contributed by atoms with Crippen LogP contribution in [0.25, 0.3) is 11.3 Å². The van der Waals surface area contributed by atoms with Gasteiger partial charge in [0, 0.05) is 17.1 Å². The summed E-state index contributed by atoms with van der Waals surface area (Å²) in [6.45, 7) is 3.94. The van der Waals surface area contributed by atoms with Crippen LogP contribution in [0.5, 0.6) is 0 Å². The van der Waals surface area contributed by atoms with Gasteiger partial charge in [-0.1, -0.05) is 28.1 Å². The molecule has 0 aliphatic rings. The molecule has 3 nitrogen and oxygen atoms in total. The Bertz CT molecular complexity index is 535. The van der Waals surface area contributed by atoms with E-state index in [9.17, 15) is 0 Å². The first-order chi connectivity index (χ1) is 8.11. The van der Waals surface area contributed by atoms with Gasteiger partial charge >= 0.3 is 0 Å². The maximum atomic E-state index is 4.60. The van der Waals surface area contributed by atoms with Gasteiger partial charge in [-0.25, -0.2) is 9.97 Å². The predicted molar refractivity (Wildman–Crippen MR) is 74.2 cm³/mol. The van der Waals surface area contributed by atoms with Crippen LogP contribution >= 0.6 is 15.9 Å². The smallest absolute Gasteiger partial charge is 0.152 e. The summed E-state index contributed by atoms with van der Waals surface area (Å²) in [4.78, 5) is 9.11. The first kappa shape index (κ1) is 12.0. The van der Waals surface area contributed by atoms with Gasteiger partial charge < -0.3 is 5.32 Å². The molecule has 0 saturated heterocycles. The SMILES string of the molecule is CNc1nc(C)c(C)nc1-c1ccc(Br)cc1. The lowest BCUT2D eigenvalue weighted by molar-refractivity contribution is 1.05. The third-order valence-electron chi connectivity index (χ3n) is 2.66. The number of rotatable bonds is 2. The molecular weight excluding hydrogens is 278 g/mol. The highest BCUT2D eigenvalue weighted by Crippen LogP contribution is 2.26. The zero-order chi connectivity index (χ0) is 12.4. The van der Waals surface area contributed by atoms with Crippen molar-refractivity contribution in [2.24, 2.45) is 0 Å². The van der Waals surface area contributed by atoms with Crippen molar-refractivity contribution < 1.29 is 0 Å². The van der Waals surface area contributed by atoms with Crippen LogP contribution in [0.4, 0.5) is 5.82 Å². The molecule has 0 amide bonds. The molecule has 0 radical (unpaired) electrons. The summed E-state index contributed by atoms with van der Waals surface area (Å²) >= 11 is 3.43. The third kappa shape index (κ3) is 2.47. The van der Waals surface area contributed by atoms with E-state index in [1.54, 1.807) is 0 Å². The van der Waals surface area contributed by atoms with E-state index < -0.39 is 0 Å². The van der Waals surface area contributed by atoms with Crippen molar-refractivity contribution in [1.29, 1.82) is 0 Å². The zero-order valence-electron chi connectivity index (χ0n) is 10.1. The van der Waals surface area contributed by atoms with Crippen LogP contribution in [0.1, 0.15) is 11.4 Å². The van der Waals surface area contributed by atoms with E-state index in [0.717, 1.165) is 32.9 Å². The minimum absolute atomic E-state index is 0.815. The van der Waals surface area contributed by atoms with Crippen LogP contribution in [-0.4, -0.2) is 17.0 Å². The quantitative estimate of drug-likeness (QED) is 0.919. The zero-order valence-corrected chi connectivity index (χ0v) is 11.7. The molecular formula is C13H14BrN3. The number of anilines is 1. The van der Waals surface area contributed by atoms with Crippen LogP contribution in [0.2, 0.25) is 0 Å². The molecule has 0 aliphatic heterocycles. The number of benzene rings is 1. The third-order valence-corrected chi connectivity index (χ3v) is 3.19. The van der Waals surface area contributed by atoms with Crippen molar-refractivity contribution >= 4 is 21.7 Å². The van der Waals surface area contributed by atoms with Gasteiger partial charge in [0.25, 0.3) is 0 Å². The van der Waals surface area contributed by atoms with Gasteiger partial charge in [-0.2, -0.15) is 0 Å². The van der Waals surface area contributed by atoms with Crippen LogP contribution in [-0.2, 0) is 0 Å². The second kappa shape index (κ2) is 4.84. The average molecular weight is 292 g/mol. The van der Waals surface area contributed by atoms with E-state index in [1.165, 1.54) is 0 Å². The van der Waals surface area contributed by atoms with Gasteiger partial charge in [-0.05, 0) is 26.0 Å². The fourth-order valence-corrected chi connectivity index (χ4v) is 1.85. The Morgan fingerprint density at radius 2 is 1.59 bits per heavy atom. The summed E-state index contributed by atoms with van der Waals surface area (Å²) in [6.07, 6.45) is 0. The lowest BCUT2D eigenvalue weighted by atomic mass is 10.1. The molecule has 0 atom stereocenters. The number of aryl methyl sites for hydroxylation is 2. The van der Waals surface area contributed by atoms with Crippen molar-refractivity contribution in [3.8, 4) is 11.3 Å². The van der Waals surface area contributed by atoms with Gasteiger partial charge in [-0.15, -0.1) is 0 Å². The van der Waals surface area contributed by atoms with Gasteiger partial charge in [-0.3, -0.25) is 0 Å². The minimum atomic E-state index is 0.815. The van der Waals surface area contributed by atoms with Crippen molar-refractivity contribution in [3.63, 3.8) is 0 Å². The van der Waals surface area contributed by atoms with E-state index >= 15 is 0 Å². The topological polar surface area (TPSA) is 37.8 Å². The fourth-order valence-electron chi connectivity index (χ4n) is 1.59. The van der Waals surface area contributed by atoms with Gasteiger partial charge in [0.2, 0.25) is 0 Å². The van der Waals surface area contributed by atoms with Gasteiger partial charge in [0.05, 0.1) is 11.4 Å². The Balaban J connectivity index is 2.57. The molecule has 1 aromatic heterocycles. The Morgan fingerprint density at radius 1 is 1.00 bits per heavy atom. The van der Waals surface area contributed by atoms with Gasteiger partial charge in [0.15, 0.2) is 5.82 Å². The molecule has 1 heterocycles. The van der Waals surface area contributed by atoms with Crippen molar-refractivity contribution in [2.45, 2.75) is 13.8 Å². The molecule has 17 heavy (non-hydrogen) atoms. The van der Waals surface area contributed by atoms with E-state index in [0.29, 0.717) is 0 Å². The number of nitrogens with one attached hydrogen (secondary N) is 1. The van der Waals surface area contributed by atoms with E-state index in [1.807, 2.05) is 45.2 Å². The Labute approximate surface area is 109 Å². The molecule has 0 unspecified atom stereocenters. The predicted octanol–water partition coefficient (Wildman–Crippen LogP) is 3.56. The molecule has 1 N–H and O–H groups in total. The van der Waals surface area contributed by atoms with E-state index in [4.69, 9.17) is 0 Å². The standard InChI is InChI=1S/C13H14BrN3/c1-8-9(2)17-13(15-3)12(16-8)10-4-6-11(14)7-5-10/h4-7H,1-3H3,(H,15,17). The number of hydrogen-bond acceptors (Lipinski definition) is 3. The summed E-state index contributed by atoms with van der Waals surface area (Å²) in [5.74, 6) is 0.815. The summed E-state index contributed by atoms with van der Waals surface area (Å²) in [6, 6.07) is 8.07. The Morgan fingerprint density at radius 3 is 2.18 bits per heavy atom. The average Bonchev–Trinajstić information content (AvgIpc) is 2.33. The van der Waals surface area contributed by atoms with Gasteiger partial charge in [0.1, 0.15) is 5.69 Å². The molecule has 1 aromatic carbocycles. The highest BCUT2D eigenvalue weighted by Gasteiger charge is 2.09. The Kier molecular flexibility index (Phi) is 3.43. The van der Waals surface area contributed by atoms with Crippen molar-refractivity contribution in [2.75, 3.05) is 12.4 Å². The molecule has 0 fully saturated rings. The molecule has 88 valence electrons. The summed E-state index contributed by atoms with van der Waals surface area (Å²) < 4.78 is 1.06. The van der Waals surface area contributed by atoms with Crippen LogP contribution < -0.4 is 5.32 Å². The molecule has 0 bridgehead atoms. The first-order valence-corrected chi connectivity index (χ1v) is 6.20. The second-order valence-electron chi connectivity index (χ2n) is 3.85. The van der Waals surface area contributed by atoms with Crippen molar-refractivity contribution in [3.05, 3.63) is 40.1 Å². The lowest BCUT2D eigenvalue weighted by Gasteiger charge is -2.10. The summed E-state index contributed by atoms with van der Waals surface area (Å²) in [7, 11) is 1.86. The van der Waals surface area contributed by atoms with Crippen LogP contribution in [0.15, 0.2) is 28.7 Å². The molecule has 4 heteroatoms. The van der Waals surface area contributed by atoms with E-state index in [2.05, 4.69) is 31.2 Å². The lowest BCUT2D eigenvalue weighted by Crippen LogP contribution is -2.02. The fraction of sp³-hybridized carbons (Fsp3) is 0.231. The molecule has 0 spiro atoms. The monoisotopic (exact) mass is 291 g/mol. The first-order valence-electron chi connectivity index (χ1n) is 5.40. The molecule has 2 aromatic rings. The van der Waals surface area contributed by atoms with Crippen LogP contribution in [0.3, 0.4) is 0 Å². The summed E-state index contributed by atoms with van der Waals surface area (Å²) in [5.41, 5.74) is 3.87. The number of nitrogens with zero attached hydrogens (tertiary/aromatic N) is 2. The highest BCUT2D eigenvalue weighted by atomic mass is 79.9. The maximum Gasteiger partial charge on any atom is 0.152 e. The number of hydrogen-bond donors (Lipinski definition) is 1. The van der Waals surface area contributed by atoms with Crippen LogP contribution in [0, 0.1) is 13.8 Å². The normalized spacial score (nSPS) is 10.4. The maximum absolute atomic E-state index is 4.60. The second-order valence-corrected chi connectivity index (χ2v) is 4.76. The summed E-state index contributed by atoms with van der Waals surface area (Å²) in [5, 5.41) is 3.09. The largest absolute Gasteiger partial charge is 0.371 e. The highest BCUT2D eigenvalue weighted by molar-refractivity contribution is 9.10. The van der Waals surface area contributed by atoms with E-state index in [-0.39, 0.29) is 0 Å². The minimum Gasteiger partial charge on any atom is -0.371 e. The Hall–Kier alpha value is -1.42. The molecule has 0 saturated carbocycles. The number of aromatic nitrogens is 2. The molecule has 2 rings (SSSR count).